The molecule has 5 N–H and O–H groups in total. The summed E-state index contributed by atoms with van der Waals surface area (Å²) in [6, 6.07) is -1.02. The maximum absolute atomic E-state index is 11.8. The van der Waals surface area contributed by atoms with Crippen molar-refractivity contribution in [1.29, 1.82) is 0 Å². The van der Waals surface area contributed by atoms with E-state index in [0.717, 1.165) is 0 Å². The minimum absolute atomic E-state index is 0.191. The average molecular weight is 468 g/mol. The summed E-state index contributed by atoms with van der Waals surface area (Å²) in [5.41, 5.74) is 0. The van der Waals surface area contributed by atoms with Gasteiger partial charge in [0, 0.05) is 14.0 Å². The first-order chi connectivity index (χ1) is 14.4. The molecule has 0 bridgehead atoms. The first kappa shape index (κ1) is 26.3. The molecule has 2 heterocycles. The third-order valence-corrected chi connectivity index (χ3v) is 6.08. The molecule has 0 aliphatic carbocycles. The summed E-state index contributed by atoms with van der Waals surface area (Å²) in [6.07, 6.45) is -10.3. The molecule has 0 spiro atoms. The van der Waals surface area contributed by atoms with E-state index < -0.39 is 75.6 Å². The SMILES string of the molecule is COC1C(O)C(CO[Si](C)(C)O)OC(OC2C(C=O)OC(C)C(O)C2O)C1NC(C)=O. The number of carbonyl (C=O) groups excluding carboxylic acids is 2. The van der Waals surface area contributed by atoms with Gasteiger partial charge in [-0.3, -0.25) is 4.79 Å². The molecule has 1 amide bonds. The van der Waals surface area contributed by atoms with Crippen molar-refractivity contribution in [2.24, 2.45) is 0 Å². The van der Waals surface area contributed by atoms with Crippen LogP contribution in [0.3, 0.4) is 0 Å². The van der Waals surface area contributed by atoms with Crippen LogP contribution in [0.25, 0.3) is 0 Å². The molecule has 2 rings (SSSR count). The van der Waals surface area contributed by atoms with Crippen molar-refractivity contribution >= 4 is 20.8 Å². The van der Waals surface area contributed by atoms with Crippen LogP contribution in [0, 0.1) is 0 Å². The van der Waals surface area contributed by atoms with E-state index in [0.29, 0.717) is 6.29 Å². The molecule has 2 fully saturated rings. The lowest BCUT2D eigenvalue weighted by molar-refractivity contribution is -0.316. The van der Waals surface area contributed by atoms with E-state index in [1.165, 1.54) is 34.1 Å². The Morgan fingerprint density at radius 2 is 1.77 bits per heavy atom. The fraction of sp³-hybridized carbons (Fsp3) is 0.889. The molecule has 0 saturated carbocycles. The third kappa shape index (κ3) is 6.51. The van der Waals surface area contributed by atoms with Gasteiger partial charge in [-0.25, -0.2) is 0 Å². The Labute approximate surface area is 181 Å². The van der Waals surface area contributed by atoms with Crippen LogP contribution in [0.4, 0.5) is 0 Å². The number of amides is 1. The predicted molar refractivity (Wildman–Crippen MR) is 106 cm³/mol. The lowest BCUT2D eigenvalue weighted by Gasteiger charge is -2.47. The first-order valence-electron chi connectivity index (χ1n) is 10.0. The van der Waals surface area contributed by atoms with Gasteiger partial charge in [-0.1, -0.05) is 0 Å². The Hall–Kier alpha value is -1.00. The molecule has 2 saturated heterocycles. The standard InChI is InChI=1S/C18H33NO11Si/c1-8-13(22)15(24)16(10(6-20)28-8)30-18-12(19-9(2)21)17(26-3)14(23)11(29-18)7-27-31(4,5)25/h6,8,10-18,22-25H,7H2,1-5H3,(H,19,21). The highest BCUT2D eigenvalue weighted by Gasteiger charge is 2.51. The minimum Gasteiger partial charge on any atom is -0.411 e. The van der Waals surface area contributed by atoms with Gasteiger partial charge in [-0.2, -0.15) is 0 Å². The van der Waals surface area contributed by atoms with Gasteiger partial charge in [0.05, 0.1) is 12.7 Å². The average Bonchev–Trinajstić information content (AvgIpc) is 2.68. The largest absolute Gasteiger partial charge is 0.411 e. The molecule has 13 heteroatoms. The summed E-state index contributed by atoms with van der Waals surface area (Å²) in [5, 5.41) is 33.9. The highest BCUT2D eigenvalue weighted by molar-refractivity contribution is 6.63. The number of rotatable bonds is 8. The molecule has 31 heavy (non-hydrogen) atoms. The molecule has 10 unspecified atom stereocenters. The van der Waals surface area contributed by atoms with Crippen LogP contribution < -0.4 is 5.32 Å². The van der Waals surface area contributed by atoms with Gasteiger partial charge in [0.2, 0.25) is 5.91 Å². The number of hydrogen-bond donors (Lipinski definition) is 5. The summed E-state index contributed by atoms with van der Waals surface area (Å²) in [5.74, 6) is -0.462. The molecule has 0 aromatic rings. The summed E-state index contributed by atoms with van der Waals surface area (Å²) >= 11 is 0. The summed E-state index contributed by atoms with van der Waals surface area (Å²) in [7, 11) is -1.61. The highest BCUT2D eigenvalue weighted by Crippen LogP contribution is 2.30. The van der Waals surface area contributed by atoms with Crippen LogP contribution in [0.2, 0.25) is 13.1 Å². The zero-order chi connectivity index (χ0) is 23.5. The zero-order valence-corrected chi connectivity index (χ0v) is 19.2. The summed E-state index contributed by atoms with van der Waals surface area (Å²) in [4.78, 5) is 33.2. The minimum atomic E-state index is -2.94. The van der Waals surface area contributed by atoms with E-state index in [2.05, 4.69) is 5.32 Å². The Morgan fingerprint density at radius 1 is 1.13 bits per heavy atom. The number of aliphatic hydroxyl groups excluding tert-OH is 3. The fourth-order valence-corrected chi connectivity index (χ4v) is 4.19. The van der Waals surface area contributed by atoms with Crippen LogP contribution >= 0.6 is 0 Å². The first-order valence-corrected chi connectivity index (χ1v) is 12.9. The van der Waals surface area contributed by atoms with Crippen molar-refractivity contribution in [3.05, 3.63) is 0 Å². The second kappa shape index (κ2) is 10.7. The van der Waals surface area contributed by atoms with Gasteiger partial charge >= 0.3 is 8.56 Å². The van der Waals surface area contributed by atoms with Crippen LogP contribution in [0.1, 0.15) is 13.8 Å². The van der Waals surface area contributed by atoms with Gasteiger partial charge < -0.3 is 53.6 Å². The van der Waals surface area contributed by atoms with Gasteiger partial charge in [-0.15, -0.1) is 0 Å². The topological polar surface area (TPSA) is 173 Å². The number of carbonyl (C=O) groups is 2. The van der Waals surface area contributed by atoms with Gasteiger partial charge in [0.1, 0.15) is 48.8 Å². The van der Waals surface area contributed by atoms with E-state index in [4.69, 9.17) is 23.4 Å². The molecule has 12 nitrogen and oxygen atoms in total. The number of ether oxygens (including phenoxy) is 4. The maximum Gasteiger partial charge on any atom is 0.329 e. The van der Waals surface area contributed by atoms with Crippen molar-refractivity contribution in [2.75, 3.05) is 13.7 Å². The zero-order valence-electron chi connectivity index (χ0n) is 18.2. The van der Waals surface area contributed by atoms with Crippen molar-refractivity contribution in [1.82, 2.24) is 5.32 Å². The van der Waals surface area contributed by atoms with Gasteiger partial charge in [-0.05, 0) is 20.0 Å². The maximum atomic E-state index is 11.8. The summed E-state index contributed by atoms with van der Waals surface area (Å²) < 4.78 is 27.8. The number of nitrogens with one attached hydrogen (secondary N) is 1. The van der Waals surface area contributed by atoms with E-state index in [1.54, 1.807) is 0 Å². The number of methoxy groups -OCH3 is 1. The van der Waals surface area contributed by atoms with Crippen LogP contribution in [-0.4, -0.2) is 116 Å². The number of aldehydes is 1. The molecule has 180 valence electrons. The van der Waals surface area contributed by atoms with Crippen molar-refractivity contribution < 1.29 is 53.1 Å². The lowest BCUT2D eigenvalue weighted by Crippen LogP contribution is -2.68. The normalized spacial score (nSPS) is 41.6. The smallest absolute Gasteiger partial charge is 0.329 e. The number of aliphatic hydroxyl groups is 3. The highest BCUT2D eigenvalue weighted by atomic mass is 28.4. The monoisotopic (exact) mass is 467 g/mol. The van der Waals surface area contributed by atoms with Crippen LogP contribution in [-0.2, 0) is 33.0 Å². The molecule has 2 aliphatic rings. The van der Waals surface area contributed by atoms with E-state index >= 15 is 0 Å². The van der Waals surface area contributed by atoms with Crippen molar-refractivity contribution in [3.63, 3.8) is 0 Å². The second-order valence-electron chi connectivity index (χ2n) is 8.24. The van der Waals surface area contributed by atoms with Gasteiger partial charge in [0.15, 0.2) is 12.6 Å². The molecular weight excluding hydrogens is 434 g/mol. The molecule has 2 aliphatic heterocycles. The summed E-state index contributed by atoms with van der Waals surface area (Å²) in [6.45, 7) is 5.64. The molecule has 0 aromatic heterocycles. The van der Waals surface area contributed by atoms with Crippen molar-refractivity contribution in [2.45, 2.75) is 88.1 Å². The molecular formula is C18H33NO11Si. The molecule has 0 aromatic carbocycles. The molecule has 10 atom stereocenters. The lowest BCUT2D eigenvalue weighted by atomic mass is 9.94. The Kier molecular flexibility index (Phi) is 9.10. The fourth-order valence-electron chi connectivity index (χ4n) is 3.62. The van der Waals surface area contributed by atoms with E-state index in [-0.39, 0.29) is 6.61 Å². The number of hydrogen-bond acceptors (Lipinski definition) is 11. The Morgan fingerprint density at radius 3 is 2.29 bits per heavy atom. The Bertz CT molecular complexity index is 618. The second-order valence-corrected chi connectivity index (χ2v) is 11.4. The van der Waals surface area contributed by atoms with Crippen LogP contribution in [0.5, 0.6) is 0 Å². The van der Waals surface area contributed by atoms with Crippen LogP contribution in [0.15, 0.2) is 0 Å². The van der Waals surface area contributed by atoms with E-state index in [1.807, 2.05) is 0 Å². The third-order valence-electron chi connectivity index (χ3n) is 5.20. The van der Waals surface area contributed by atoms with Gasteiger partial charge in [0.25, 0.3) is 0 Å². The van der Waals surface area contributed by atoms with E-state index in [9.17, 15) is 29.7 Å². The Balaban J connectivity index is 2.29. The molecule has 0 radical (unpaired) electrons. The quantitative estimate of drug-likeness (QED) is 0.187. The predicted octanol–water partition coefficient (Wildman–Crippen LogP) is -2.60. The van der Waals surface area contributed by atoms with Crippen molar-refractivity contribution in [3.8, 4) is 0 Å².